The van der Waals surface area contributed by atoms with E-state index in [2.05, 4.69) is 4.90 Å². The van der Waals surface area contributed by atoms with Gasteiger partial charge in [0.2, 0.25) is 0 Å². The molecule has 1 amide bonds. The first-order valence-corrected chi connectivity index (χ1v) is 8.68. The number of para-hydroxylation sites is 1. The minimum absolute atomic E-state index is 0.0325. The van der Waals surface area contributed by atoms with Crippen molar-refractivity contribution in [2.75, 3.05) is 31.1 Å². The Balaban J connectivity index is 1.57. The lowest BCUT2D eigenvalue weighted by atomic mass is 10.2. The average molecular weight is 342 g/mol. The number of carbonyl (C=O) groups excluding carboxylic acids is 1. The van der Waals surface area contributed by atoms with Gasteiger partial charge in [-0.25, -0.2) is 4.39 Å². The number of anilines is 1. The molecular weight excluding hydrogens is 319 g/mol. The molecule has 1 aliphatic rings. The zero-order valence-corrected chi connectivity index (χ0v) is 14.4. The van der Waals surface area contributed by atoms with Crippen molar-refractivity contribution in [1.82, 2.24) is 4.90 Å². The summed E-state index contributed by atoms with van der Waals surface area (Å²) in [6.07, 6.45) is 0.172. The molecule has 5 heteroatoms. The highest BCUT2D eigenvalue weighted by atomic mass is 19.1. The molecule has 1 saturated heterocycles. The van der Waals surface area contributed by atoms with Crippen molar-refractivity contribution in [2.24, 2.45) is 0 Å². The van der Waals surface area contributed by atoms with Crippen LogP contribution in [0.25, 0.3) is 0 Å². The molecule has 1 atom stereocenters. The van der Waals surface area contributed by atoms with Crippen molar-refractivity contribution in [3.63, 3.8) is 0 Å². The van der Waals surface area contributed by atoms with Gasteiger partial charge in [-0.1, -0.05) is 25.1 Å². The molecule has 0 aromatic heterocycles. The van der Waals surface area contributed by atoms with Crippen molar-refractivity contribution in [1.29, 1.82) is 0 Å². The third kappa shape index (κ3) is 4.29. The van der Waals surface area contributed by atoms with E-state index in [1.807, 2.05) is 42.2 Å². The van der Waals surface area contributed by atoms with Gasteiger partial charge in [0.15, 0.2) is 6.10 Å². The Hall–Kier alpha value is -2.56. The van der Waals surface area contributed by atoms with Crippen LogP contribution in [0.4, 0.5) is 10.1 Å². The van der Waals surface area contributed by atoms with E-state index in [0.717, 1.165) is 18.8 Å². The van der Waals surface area contributed by atoms with Crippen LogP contribution in [0.5, 0.6) is 5.75 Å². The van der Waals surface area contributed by atoms with E-state index in [1.54, 1.807) is 12.1 Å². The Morgan fingerprint density at radius 1 is 1.04 bits per heavy atom. The topological polar surface area (TPSA) is 32.8 Å². The Kier molecular flexibility index (Phi) is 5.53. The van der Waals surface area contributed by atoms with E-state index >= 15 is 0 Å². The maximum absolute atomic E-state index is 13.0. The van der Waals surface area contributed by atoms with Crippen molar-refractivity contribution in [2.45, 2.75) is 19.4 Å². The van der Waals surface area contributed by atoms with Crippen LogP contribution in [0.15, 0.2) is 54.6 Å². The van der Waals surface area contributed by atoms with Crippen LogP contribution >= 0.6 is 0 Å². The lowest BCUT2D eigenvalue weighted by molar-refractivity contribution is -0.139. The maximum Gasteiger partial charge on any atom is 0.263 e. The molecule has 4 nitrogen and oxygen atoms in total. The van der Waals surface area contributed by atoms with Crippen LogP contribution in [0.2, 0.25) is 0 Å². The molecule has 0 bridgehead atoms. The average Bonchev–Trinajstić information content (AvgIpc) is 2.67. The molecule has 1 fully saturated rings. The molecule has 1 aliphatic heterocycles. The Morgan fingerprint density at radius 2 is 1.68 bits per heavy atom. The van der Waals surface area contributed by atoms with Crippen LogP contribution in [-0.4, -0.2) is 43.1 Å². The van der Waals surface area contributed by atoms with E-state index in [4.69, 9.17) is 4.74 Å². The first-order chi connectivity index (χ1) is 12.2. The van der Waals surface area contributed by atoms with E-state index in [0.29, 0.717) is 25.3 Å². The maximum atomic E-state index is 13.0. The summed E-state index contributed by atoms with van der Waals surface area (Å²) in [5.41, 5.74) is 0.987. The Morgan fingerprint density at radius 3 is 2.28 bits per heavy atom. The minimum atomic E-state index is -0.459. The number of amides is 1. The molecular formula is C20H23FN2O2. The summed E-state index contributed by atoms with van der Waals surface area (Å²) in [5.74, 6) is 0.513. The molecule has 0 spiro atoms. The summed E-state index contributed by atoms with van der Waals surface area (Å²) in [4.78, 5) is 16.8. The number of hydrogen-bond acceptors (Lipinski definition) is 3. The molecule has 1 unspecified atom stereocenters. The van der Waals surface area contributed by atoms with Gasteiger partial charge in [0.25, 0.3) is 5.91 Å². The first-order valence-electron chi connectivity index (χ1n) is 8.68. The molecule has 1 heterocycles. The predicted molar refractivity (Wildman–Crippen MR) is 96.3 cm³/mol. The number of piperazine rings is 1. The van der Waals surface area contributed by atoms with Crippen LogP contribution in [0.1, 0.15) is 13.3 Å². The highest BCUT2D eigenvalue weighted by Crippen LogP contribution is 2.19. The fraction of sp³-hybridized carbons (Fsp3) is 0.350. The van der Waals surface area contributed by atoms with Gasteiger partial charge in [0.1, 0.15) is 11.6 Å². The van der Waals surface area contributed by atoms with Crippen molar-refractivity contribution in [3.8, 4) is 5.75 Å². The molecule has 0 saturated carbocycles. The summed E-state index contributed by atoms with van der Waals surface area (Å²) < 4.78 is 18.9. The number of ether oxygens (including phenoxy) is 1. The SMILES string of the molecule is CCC(Oc1ccccc1)C(=O)N1CCN(c2ccc(F)cc2)CC1. The zero-order valence-electron chi connectivity index (χ0n) is 14.4. The van der Waals surface area contributed by atoms with E-state index in [9.17, 15) is 9.18 Å². The monoisotopic (exact) mass is 342 g/mol. The molecule has 0 N–H and O–H groups in total. The van der Waals surface area contributed by atoms with Crippen molar-refractivity contribution < 1.29 is 13.9 Å². The number of carbonyl (C=O) groups is 1. The molecule has 0 aliphatic carbocycles. The van der Waals surface area contributed by atoms with Crippen LogP contribution in [-0.2, 0) is 4.79 Å². The normalized spacial score (nSPS) is 15.8. The van der Waals surface area contributed by atoms with Crippen LogP contribution in [0, 0.1) is 5.82 Å². The standard InChI is InChI=1S/C20H23FN2O2/c1-2-19(25-18-6-4-3-5-7-18)20(24)23-14-12-22(13-15-23)17-10-8-16(21)9-11-17/h3-11,19H,2,12-15H2,1H3. The van der Waals surface area contributed by atoms with E-state index < -0.39 is 6.10 Å². The Labute approximate surface area is 147 Å². The van der Waals surface area contributed by atoms with Gasteiger partial charge in [-0.2, -0.15) is 0 Å². The zero-order chi connectivity index (χ0) is 17.6. The van der Waals surface area contributed by atoms with E-state index in [-0.39, 0.29) is 11.7 Å². The number of benzene rings is 2. The smallest absolute Gasteiger partial charge is 0.263 e. The van der Waals surface area contributed by atoms with Crippen molar-refractivity contribution in [3.05, 3.63) is 60.4 Å². The van der Waals surface area contributed by atoms with Gasteiger partial charge >= 0.3 is 0 Å². The largest absolute Gasteiger partial charge is 0.481 e. The molecule has 2 aromatic rings. The number of nitrogens with zero attached hydrogens (tertiary/aromatic N) is 2. The fourth-order valence-electron chi connectivity index (χ4n) is 3.01. The lowest BCUT2D eigenvalue weighted by Crippen LogP contribution is -2.52. The summed E-state index contributed by atoms with van der Waals surface area (Å²) >= 11 is 0. The van der Waals surface area contributed by atoms with Gasteiger partial charge in [-0.15, -0.1) is 0 Å². The van der Waals surface area contributed by atoms with Gasteiger partial charge < -0.3 is 14.5 Å². The van der Waals surface area contributed by atoms with Gasteiger partial charge in [0, 0.05) is 31.9 Å². The highest BCUT2D eigenvalue weighted by Gasteiger charge is 2.27. The minimum Gasteiger partial charge on any atom is -0.481 e. The third-order valence-corrected chi connectivity index (χ3v) is 4.45. The predicted octanol–water partition coefficient (Wildman–Crippen LogP) is 3.33. The number of rotatable bonds is 5. The molecule has 2 aromatic carbocycles. The summed E-state index contributed by atoms with van der Waals surface area (Å²) in [6, 6.07) is 15.9. The van der Waals surface area contributed by atoms with Crippen molar-refractivity contribution >= 4 is 11.6 Å². The molecule has 132 valence electrons. The second-order valence-corrected chi connectivity index (χ2v) is 6.12. The third-order valence-electron chi connectivity index (χ3n) is 4.45. The first kappa shape index (κ1) is 17.3. The fourth-order valence-corrected chi connectivity index (χ4v) is 3.01. The number of halogens is 1. The number of hydrogen-bond donors (Lipinski definition) is 0. The summed E-state index contributed by atoms with van der Waals surface area (Å²) in [6.45, 7) is 4.72. The van der Waals surface area contributed by atoms with Gasteiger partial charge in [0.05, 0.1) is 0 Å². The second-order valence-electron chi connectivity index (χ2n) is 6.12. The molecule has 25 heavy (non-hydrogen) atoms. The van der Waals surface area contributed by atoms with Crippen LogP contribution in [0.3, 0.4) is 0 Å². The summed E-state index contributed by atoms with van der Waals surface area (Å²) in [7, 11) is 0. The van der Waals surface area contributed by atoms with Gasteiger partial charge in [-0.05, 0) is 42.8 Å². The Bertz CT molecular complexity index is 683. The lowest BCUT2D eigenvalue weighted by Gasteiger charge is -2.37. The molecule has 0 radical (unpaired) electrons. The summed E-state index contributed by atoms with van der Waals surface area (Å²) in [5, 5.41) is 0. The quantitative estimate of drug-likeness (QED) is 0.835. The van der Waals surface area contributed by atoms with E-state index in [1.165, 1.54) is 12.1 Å². The highest BCUT2D eigenvalue weighted by molar-refractivity contribution is 5.81. The van der Waals surface area contributed by atoms with Crippen LogP contribution < -0.4 is 9.64 Å². The van der Waals surface area contributed by atoms with Gasteiger partial charge in [-0.3, -0.25) is 4.79 Å². The molecule has 3 rings (SSSR count). The second kappa shape index (κ2) is 8.01.